The molecule has 1 aromatic heterocycles. The highest BCUT2D eigenvalue weighted by Gasteiger charge is 2.09. The maximum atomic E-state index is 5.61. The van der Waals surface area contributed by atoms with Crippen LogP contribution in [0.3, 0.4) is 0 Å². The highest BCUT2D eigenvalue weighted by molar-refractivity contribution is 5.46. The summed E-state index contributed by atoms with van der Waals surface area (Å²) in [6.45, 7) is 7.54. The average Bonchev–Trinajstić information content (AvgIpc) is 2.34. The molecule has 0 spiro atoms. The van der Waals surface area contributed by atoms with E-state index in [2.05, 4.69) is 29.8 Å². The molecule has 0 aliphatic rings. The van der Waals surface area contributed by atoms with Gasteiger partial charge >= 0.3 is 0 Å². The van der Waals surface area contributed by atoms with E-state index in [0.29, 0.717) is 12.5 Å². The molecule has 4 heteroatoms. The molecular weight excluding hydrogens is 214 g/mol. The van der Waals surface area contributed by atoms with Crippen molar-refractivity contribution in [1.29, 1.82) is 0 Å². The van der Waals surface area contributed by atoms with E-state index in [0.717, 1.165) is 25.4 Å². The summed E-state index contributed by atoms with van der Waals surface area (Å²) in [4.78, 5) is 6.53. The zero-order valence-electron chi connectivity index (χ0n) is 11.0. The van der Waals surface area contributed by atoms with Crippen molar-refractivity contribution in [3.05, 3.63) is 24.0 Å². The summed E-state index contributed by atoms with van der Waals surface area (Å²) in [6.07, 6.45) is 1.82. The molecular formula is C13H23N3O. The van der Waals surface area contributed by atoms with Gasteiger partial charge in [-0.05, 0) is 18.1 Å². The van der Waals surface area contributed by atoms with Crippen molar-refractivity contribution >= 4 is 5.69 Å². The molecule has 4 nitrogen and oxygen atoms in total. The van der Waals surface area contributed by atoms with Gasteiger partial charge in [0, 0.05) is 38.6 Å². The maximum absolute atomic E-state index is 5.61. The Morgan fingerprint density at radius 3 is 2.82 bits per heavy atom. The Labute approximate surface area is 104 Å². The number of rotatable bonds is 7. The molecule has 0 fully saturated rings. The van der Waals surface area contributed by atoms with Crippen LogP contribution in [0.2, 0.25) is 0 Å². The number of nitrogens with two attached hydrogens (primary N) is 1. The van der Waals surface area contributed by atoms with E-state index in [1.165, 1.54) is 5.69 Å². The Hall–Kier alpha value is -1.13. The summed E-state index contributed by atoms with van der Waals surface area (Å²) >= 11 is 0. The second-order valence-electron chi connectivity index (χ2n) is 4.54. The number of aromatic nitrogens is 1. The first-order valence-corrected chi connectivity index (χ1v) is 6.06. The van der Waals surface area contributed by atoms with Crippen LogP contribution in [0.25, 0.3) is 0 Å². The van der Waals surface area contributed by atoms with E-state index in [1.807, 2.05) is 12.3 Å². The van der Waals surface area contributed by atoms with Gasteiger partial charge in [-0.15, -0.1) is 0 Å². The van der Waals surface area contributed by atoms with Crippen molar-refractivity contribution < 1.29 is 4.74 Å². The third kappa shape index (κ3) is 4.71. The number of anilines is 1. The number of nitrogens with zero attached hydrogens (tertiary/aromatic N) is 2. The monoisotopic (exact) mass is 237 g/mol. The summed E-state index contributed by atoms with van der Waals surface area (Å²) in [7, 11) is 1.73. The standard InChI is InChI=1S/C13H23N3O/c1-11(2)10-16(6-7-17-3)13-4-5-15-12(8-13)9-14/h4-5,8,11H,6-7,9-10,14H2,1-3H3. The van der Waals surface area contributed by atoms with Gasteiger partial charge < -0.3 is 15.4 Å². The Morgan fingerprint density at radius 1 is 1.47 bits per heavy atom. The fourth-order valence-corrected chi connectivity index (χ4v) is 1.74. The average molecular weight is 237 g/mol. The molecule has 0 aliphatic carbocycles. The zero-order chi connectivity index (χ0) is 12.7. The fourth-order valence-electron chi connectivity index (χ4n) is 1.74. The lowest BCUT2D eigenvalue weighted by atomic mass is 10.2. The molecule has 96 valence electrons. The van der Waals surface area contributed by atoms with Crippen molar-refractivity contribution in [2.24, 2.45) is 11.7 Å². The van der Waals surface area contributed by atoms with E-state index in [1.54, 1.807) is 7.11 Å². The molecule has 0 saturated carbocycles. The number of pyridine rings is 1. The maximum Gasteiger partial charge on any atom is 0.0637 e. The molecule has 0 radical (unpaired) electrons. The summed E-state index contributed by atoms with van der Waals surface area (Å²) in [5, 5.41) is 0. The fraction of sp³-hybridized carbons (Fsp3) is 0.615. The van der Waals surface area contributed by atoms with E-state index >= 15 is 0 Å². The summed E-state index contributed by atoms with van der Waals surface area (Å²) < 4.78 is 5.15. The Kier molecular flexibility index (Phi) is 5.94. The molecule has 0 atom stereocenters. The van der Waals surface area contributed by atoms with Crippen LogP contribution in [0.5, 0.6) is 0 Å². The van der Waals surface area contributed by atoms with Gasteiger partial charge in [0.05, 0.1) is 12.3 Å². The van der Waals surface area contributed by atoms with Gasteiger partial charge in [-0.25, -0.2) is 0 Å². The van der Waals surface area contributed by atoms with Crippen LogP contribution < -0.4 is 10.6 Å². The van der Waals surface area contributed by atoms with E-state index in [4.69, 9.17) is 10.5 Å². The third-order valence-electron chi connectivity index (χ3n) is 2.53. The van der Waals surface area contributed by atoms with Crippen LogP contribution in [0.15, 0.2) is 18.3 Å². The van der Waals surface area contributed by atoms with Crippen LogP contribution in [-0.4, -0.2) is 31.8 Å². The first-order valence-electron chi connectivity index (χ1n) is 6.06. The number of hydrogen-bond donors (Lipinski definition) is 1. The molecule has 1 heterocycles. The molecule has 0 unspecified atom stereocenters. The summed E-state index contributed by atoms with van der Waals surface area (Å²) in [5.74, 6) is 0.612. The van der Waals surface area contributed by atoms with Crippen molar-refractivity contribution in [2.75, 3.05) is 31.7 Å². The largest absolute Gasteiger partial charge is 0.383 e. The second kappa shape index (κ2) is 7.25. The van der Waals surface area contributed by atoms with Crippen molar-refractivity contribution in [1.82, 2.24) is 4.98 Å². The number of methoxy groups -OCH3 is 1. The minimum absolute atomic E-state index is 0.480. The lowest BCUT2D eigenvalue weighted by molar-refractivity contribution is 0.204. The van der Waals surface area contributed by atoms with Gasteiger partial charge in [0.25, 0.3) is 0 Å². The van der Waals surface area contributed by atoms with Crippen LogP contribution >= 0.6 is 0 Å². The predicted octanol–water partition coefficient (Wildman–Crippen LogP) is 1.65. The van der Waals surface area contributed by atoms with Crippen LogP contribution in [0.1, 0.15) is 19.5 Å². The summed E-state index contributed by atoms with van der Waals surface area (Å²) in [5.41, 5.74) is 7.71. The second-order valence-corrected chi connectivity index (χ2v) is 4.54. The Bertz CT molecular complexity index is 328. The molecule has 1 aromatic rings. The van der Waals surface area contributed by atoms with Crippen molar-refractivity contribution in [3.63, 3.8) is 0 Å². The molecule has 0 aromatic carbocycles. The van der Waals surface area contributed by atoms with Crippen LogP contribution in [-0.2, 0) is 11.3 Å². The van der Waals surface area contributed by atoms with E-state index < -0.39 is 0 Å². The number of ether oxygens (including phenoxy) is 1. The predicted molar refractivity (Wildman–Crippen MR) is 71.1 cm³/mol. The smallest absolute Gasteiger partial charge is 0.0637 e. The minimum Gasteiger partial charge on any atom is -0.383 e. The van der Waals surface area contributed by atoms with Gasteiger partial charge in [0.1, 0.15) is 0 Å². The summed E-state index contributed by atoms with van der Waals surface area (Å²) in [6, 6.07) is 4.08. The molecule has 0 bridgehead atoms. The molecule has 17 heavy (non-hydrogen) atoms. The van der Waals surface area contributed by atoms with Gasteiger partial charge in [-0.2, -0.15) is 0 Å². The van der Waals surface area contributed by atoms with E-state index in [-0.39, 0.29) is 0 Å². The molecule has 2 N–H and O–H groups in total. The highest BCUT2D eigenvalue weighted by atomic mass is 16.5. The van der Waals surface area contributed by atoms with Gasteiger partial charge in [0.2, 0.25) is 0 Å². The quantitative estimate of drug-likeness (QED) is 0.783. The van der Waals surface area contributed by atoms with Gasteiger partial charge in [0.15, 0.2) is 0 Å². The number of hydrogen-bond acceptors (Lipinski definition) is 4. The van der Waals surface area contributed by atoms with Crippen molar-refractivity contribution in [3.8, 4) is 0 Å². The third-order valence-corrected chi connectivity index (χ3v) is 2.53. The Morgan fingerprint density at radius 2 is 2.24 bits per heavy atom. The van der Waals surface area contributed by atoms with Gasteiger partial charge in [-0.1, -0.05) is 13.8 Å². The lowest BCUT2D eigenvalue weighted by Gasteiger charge is -2.26. The first kappa shape index (κ1) is 13.9. The molecule has 0 aliphatic heterocycles. The van der Waals surface area contributed by atoms with Crippen molar-refractivity contribution in [2.45, 2.75) is 20.4 Å². The molecule has 1 rings (SSSR count). The lowest BCUT2D eigenvalue weighted by Crippen LogP contribution is -2.31. The first-order chi connectivity index (χ1) is 8.17. The Balaban J connectivity index is 2.78. The topological polar surface area (TPSA) is 51.4 Å². The SMILES string of the molecule is COCCN(CC(C)C)c1ccnc(CN)c1. The normalized spacial score (nSPS) is 10.9. The highest BCUT2D eigenvalue weighted by Crippen LogP contribution is 2.16. The van der Waals surface area contributed by atoms with Gasteiger partial charge in [-0.3, -0.25) is 4.98 Å². The molecule has 0 amide bonds. The molecule has 0 saturated heterocycles. The van der Waals surface area contributed by atoms with E-state index in [9.17, 15) is 0 Å². The zero-order valence-corrected chi connectivity index (χ0v) is 11.0. The minimum atomic E-state index is 0.480. The van der Waals surface area contributed by atoms with Crippen LogP contribution in [0, 0.1) is 5.92 Å². The van der Waals surface area contributed by atoms with Crippen LogP contribution in [0.4, 0.5) is 5.69 Å².